The number of nitrogen functional groups attached to an aromatic ring is 1. The molecule has 2 atom stereocenters. The number of benzene rings is 3. The molecule has 6 heterocycles. The van der Waals surface area contributed by atoms with Crippen LogP contribution in [0.2, 0.25) is 0 Å². The average Bonchev–Trinajstić information content (AvgIpc) is 4.08. The van der Waals surface area contributed by atoms with Gasteiger partial charge >= 0.3 is 5.76 Å². The maximum Gasteiger partial charge on any atom is 0.355 e. The van der Waals surface area contributed by atoms with E-state index < -0.39 is 33.7 Å². The van der Waals surface area contributed by atoms with Gasteiger partial charge in [0.2, 0.25) is 11.8 Å². The number of carbonyl (C=O) groups is 4. The molecular weight excluding hydrogens is 970 g/mol. The van der Waals surface area contributed by atoms with Crippen LogP contribution in [0.25, 0.3) is 33.3 Å². The number of sulfonamides is 1. The highest BCUT2D eigenvalue weighted by atomic mass is 32.2. The fourth-order valence-corrected chi connectivity index (χ4v) is 11.2. The Morgan fingerprint density at radius 1 is 0.890 bits per heavy atom. The van der Waals surface area contributed by atoms with Crippen molar-refractivity contribution >= 4 is 56.1 Å². The number of rotatable bonds is 12. The zero-order valence-electron chi connectivity index (χ0n) is 40.0. The summed E-state index contributed by atoms with van der Waals surface area (Å²) in [7, 11) is -3.34. The lowest BCUT2D eigenvalue weighted by atomic mass is 9.83. The number of anilines is 2. The molecule has 1 unspecified atom stereocenters. The Kier molecular flexibility index (Phi) is 13.5. The first-order chi connectivity index (χ1) is 35.0. The van der Waals surface area contributed by atoms with Crippen molar-refractivity contribution in [1.82, 2.24) is 39.7 Å². The first-order valence-electron chi connectivity index (χ1n) is 24.2. The second-order valence-corrected chi connectivity index (χ2v) is 20.7. The number of alkyl halides is 2. The number of aromatic nitrogens is 5. The van der Waals surface area contributed by atoms with Crippen LogP contribution in [0, 0.1) is 11.7 Å². The first kappa shape index (κ1) is 49.3. The quantitative estimate of drug-likeness (QED) is 0.103. The van der Waals surface area contributed by atoms with Crippen LogP contribution in [0.3, 0.4) is 0 Å². The molecule has 18 nitrogen and oxygen atoms in total. The van der Waals surface area contributed by atoms with Gasteiger partial charge in [0.15, 0.2) is 0 Å². The maximum absolute atomic E-state index is 13.9. The van der Waals surface area contributed by atoms with Crippen LogP contribution in [0.15, 0.2) is 79.3 Å². The van der Waals surface area contributed by atoms with Gasteiger partial charge in [-0.15, -0.1) is 0 Å². The summed E-state index contributed by atoms with van der Waals surface area (Å²) in [4.78, 5) is 60.6. The summed E-state index contributed by atoms with van der Waals surface area (Å²) in [6.07, 6.45) is 9.42. The Bertz CT molecular complexity index is 3240. The number of halogens is 3. The van der Waals surface area contributed by atoms with Gasteiger partial charge in [0.25, 0.3) is 21.8 Å². The number of carbonyl (C=O) groups excluding carboxylic acids is 4. The first-order valence-corrected chi connectivity index (χ1v) is 25.8. The number of aryl methyl sites for hydroxylation is 1. The molecule has 0 bridgehead atoms. The molecule has 4 aliphatic rings. The molecule has 3 aromatic heterocycles. The highest BCUT2D eigenvalue weighted by Crippen LogP contribution is 2.42. The van der Waals surface area contributed by atoms with E-state index >= 15 is 0 Å². The van der Waals surface area contributed by atoms with Crippen LogP contribution in [-0.4, -0.2) is 105 Å². The van der Waals surface area contributed by atoms with Crippen LogP contribution in [0.4, 0.5) is 24.7 Å². The number of hydrogen-bond acceptors (Lipinski definition) is 12. The number of nitrogens with one attached hydrogen (secondary N) is 2. The molecule has 1 aliphatic carbocycles. The number of nitrogens with zero attached hydrogens (tertiary/aromatic N) is 7. The van der Waals surface area contributed by atoms with E-state index in [9.17, 15) is 40.8 Å². The summed E-state index contributed by atoms with van der Waals surface area (Å²) in [5.41, 5.74) is 11.4. The van der Waals surface area contributed by atoms with E-state index in [-0.39, 0.29) is 78.5 Å². The predicted octanol–water partition coefficient (Wildman–Crippen LogP) is 7.31. The average molecular weight is 1020 g/mol. The van der Waals surface area contributed by atoms with Crippen molar-refractivity contribution in [3.63, 3.8) is 0 Å². The van der Waals surface area contributed by atoms with Crippen LogP contribution in [0.5, 0.6) is 5.75 Å². The highest BCUT2D eigenvalue weighted by Gasteiger charge is 2.41. The number of hydrogen-bond donors (Lipinski definition) is 3. The zero-order valence-corrected chi connectivity index (χ0v) is 40.8. The topological polar surface area (TPSA) is 226 Å². The second-order valence-electron chi connectivity index (χ2n) is 19.1. The minimum absolute atomic E-state index is 0.0318. The van der Waals surface area contributed by atoms with Gasteiger partial charge in [0, 0.05) is 61.6 Å². The molecule has 4 N–H and O–H groups in total. The molecule has 10 rings (SSSR count). The maximum atomic E-state index is 13.9. The number of ether oxygens (including phenoxy) is 2. The summed E-state index contributed by atoms with van der Waals surface area (Å²) in [5.74, 6) is -4.89. The minimum Gasteiger partial charge on any atom is -0.484 e. The number of pyridine rings is 1. The molecule has 4 amide bonds. The van der Waals surface area contributed by atoms with Crippen LogP contribution in [0.1, 0.15) is 108 Å². The van der Waals surface area contributed by atoms with E-state index in [2.05, 4.69) is 10.3 Å². The zero-order chi connectivity index (χ0) is 51.3. The lowest BCUT2D eigenvalue weighted by Crippen LogP contribution is -2.45. The Morgan fingerprint density at radius 3 is 2.37 bits per heavy atom. The molecule has 0 spiro atoms. The van der Waals surface area contributed by atoms with Gasteiger partial charge in [-0.1, -0.05) is 24.3 Å². The van der Waals surface area contributed by atoms with Crippen LogP contribution >= 0.6 is 0 Å². The van der Waals surface area contributed by atoms with Crippen molar-refractivity contribution in [2.75, 3.05) is 36.9 Å². The normalized spacial score (nSPS) is 20.5. The van der Waals surface area contributed by atoms with Gasteiger partial charge in [-0.05, 0) is 105 Å². The third kappa shape index (κ3) is 9.72. The van der Waals surface area contributed by atoms with E-state index in [1.807, 2.05) is 32.6 Å². The van der Waals surface area contributed by atoms with Crippen molar-refractivity contribution in [3.05, 3.63) is 107 Å². The van der Waals surface area contributed by atoms with Gasteiger partial charge in [-0.2, -0.15) is 19.0 Å². The van der Waals surface area contributed by atoms with Crippen molar-refractivity contribution in [3.8, 4) is 28.1 Å². The van der Waals surface area contributed by atoms with E-state index in [4.69, 9.17) is 25.4 Å². The second kappa shape index (κ2) is 19.9. The Hall–Kier alpha value is -7.33. The van der Waals surface area contributed by atoms with Crippen molar-refractivity contribution in [1.29, 1.82) is 0 Å². The molecule has 3 aliphatic heterocycles. The molecule has 382 valence electrons. The Labute approximate surface area is 418 Å². The van der Waals surface area contributed by atoms with Crippen LogP contribution < -0.4 is 20.5 Å². The molecule has 22 heteroatoms. The highest BCUT2D eigenvalue weighted by molar-refractivity contribution is 7.93. The number of likely N-dealkylation sites (tertiary alicyclic amines) is 1. The third-order valence-electron chi connectivity index (χ3n) is 14.6. The monoisotopic (exact) mass is 1020 g/mol. The number of imide groups is 1. The molecule has 0 radical (unpaired) electrons. The molecule has 3 fully saturated rings. The smallest absolute Gasteiger partial charge is 0.355 e. The van der Waals surface area contributed by atoms with E-state index in [1.54, 1.807) is 37.1 Å². The summed E-state index contributed by atoms with van der Waals surface area (Å²) in [5, 5.41) is 12.7. The molecular formula is C51H53F3N10O8S. The molecule has 2 saturated heterocycles. The number of fused-ring (bicyclic) bond motifs is 2. The largest absolute Gasteiger partial charge is 0.484 e. The standard InChI is InChI=1S/C51H53F3N10O8S/c1-28(29-3-9-35(52)10-4-29)72-42-22-33(8-15-41(42)60-73(69,70)51(53)54)45-44-46(61(2)59-45)40(24-56-47(44)55)34-23-58-63(25-34)36-11-5-31(6-12-36)48(66)62-19-17-30(18-20-62)32-7-14-38-39(21-32)50(68)64(49(38)67)37-13-16-43(65)57-27-71-26-37/h3-4,7-10,14-15,21-25,28,30-31,36-37,51,60H,5-6,11-13,16-20,26-27H2,1-2H3,(H2,55,56)(H,57,65)/t28-,31?,36?,37?/m0/s1. The fourth-order valence-electron chi connectivity index (χ4n) is 10.6. The predicted molar refractivity (Wildman–Crippen MR) is 262 cm³/mol. The molecule has 73 heavy (non-hydrogen) atoms. The summed E-state index contributed by atoms with van der Waals surface area (Å²) >= 11 is 0. The Balaban J connectivity index is 0.792. The minimum atomic E-state index is -5.08. The van der Waals surface area contributed by atoms with Crippen LogP contribution in [-0.2, 0) is 31.4 Å². The van der Waals surface area contributed by atoms with Gasteiger partial charge in [-0.3, -0.25) is 38.2 Å². The van der Waals surface area contributed by atoms with Gasteiger partial charge in [0.1, 0.15) is 35.9 Å². The molecule has 6 aromatic rings. The van der Waals surface area contributed by atoms with Crippen molar-refractivity contribution < 1.29 is 50.2 Å². The third-order valence-corrected chi connectivity index (χ3v) is 15.6. The summed E-state index contributed by atoms with van der Waals surface area (Å²) < 4.78 is 82.4. The van der Waals surface area contributed by atoms with Crippen molar-refractivity contribution in [2.45, 2.75) is 88.2 Å². The fraction of sp³-hybridized carbons (Fsp3) is 0.392. The van der Waals surface area contributed by atoms with E-state index in [1.165, 1.54) is 47.4 Å². The summed E-state index contributed by atoms with van der Waals surface area (Å²) in [6, 6.07) is 14.7. The lowest BCUT2D eigenvalue weighted by molar-refractivity contribution is -0.138. The van der Waals surface area contributed by atoms with Gasteiger partial charge in [-0.25, -0.2) is 17.8 Å². The van der Waals surface area contributed by atoms with Crippen molar-refractivity contribution in [2.24, 2.45) is 13.0 Å². The van der Waals surface area contributed by atoms with E-state index in [0.29, 0.717) is 76.8 Å². The van der Waals surface area contributed by atoms with E-state index in [0.717, 1.165) is 36.8 Å². The number of piperidine rings is 1. The van der Waals surface area contributed by atoms with Gasteiger partial charge in [0.05, 0.1) is 52.6 Å². The molecule has 1 saturated carbocycles. The Morgan fingerprint density at radius 2 is 1.63 bits per heavy atom. The number of nitrogens with two attached hydrogens (primary N) is 1. The molecule has 3 aromatic carbocycles. The van der Waals surface area contributed by atoms with Gasteiger partial charge < -0.3 is 25.4 Å². The summed E-state index contributed by atoms with van der Waals surface area (Å²) in [6.45, 7) is 3.00. The SMILES string of the molecule is C[C@H](Oc1cc(-c2nn(C)c3c(-c4cnn(C5CCC(C(=O)N6CCC(c7ccc8c(c7)C(=O)N(C7CCC(=O)NCOC7)C8=O)CC6)CC5)c4)cnc(N)c23)ccc1NS(=O)(=O)C(F)F)c1ccc(F)cc1. The number of amides is 4. The lowest BCUT2D eigenvalue weighted by Gasteiger charge is -2.36.